The second-order valence-corrected chi connectivity index (χ2v) is 5.98. The van der Waals surface area contributed by atoms with Crippen LogP contribution in [0.4, 0.5) is 0 Å². The van der Waals surface area contributed by atoms with Gasteiger partial charge < -0.3 is 5.73 Å². The van der Waals surface area contributed by atoms with Gasteiger partial charge in [-0.2, -0.15) is 5.10 Å². The van der Waals surface area contributed by atoms with Crippen LogP contribution in [0.25, 0.3) is 0 Å². The molecule has 4 nitrogen and oxygen atoms in total. The number of nitrogens with two attached hydrogens (primary N) is 1. The van der Waals surface area contributed by atoms with Crippen LogP contribution in [-0.4, -0.2) is 20.8 Å². The molecule has 1 aliphatic carbocycles. The SMILES string of the molecule is CC(C)(C)C1CCC(N)C(n2cncn2)C1. The summed E-state index contributed by atoms with van der Waals surface area (Å²) in [5.41, 5.74) is 6.55. The summed E-state index contributed by atoms with van der Waals surface area (Å²) in [5.74, 6) is 0.724. The molecule has 1 aromatic rings. The van der Waals surface area contributed by atoms with E-state index >= 15 is 0 Å². The zero-order chi connectivity index (χ0) is 11.8. The molecule has 90 valence electrons. The van der Waals surface area contributed by atoms with Gasteiger partial charge in [0, 0.05) is 6.04 Å². The largest absolute Gasteiger partial charge is 0.326 e. The molecular weight excluding hydrogens is 200 g/mol. The molecule has 0 amide bonds. The molecule has 0 spiro atoms. The lowest BCUT2D eigenvalue weighted by atomic mass is 9.70. The predicted molar refractivity (Wildman–Crippen MR) is 63.8 cm³/mol. The summed E-state index contributed by atoms with van der Waals surface area (Å²) < 4.78 is 1.93. The maximum atomic E-state index is 6.19. The zero-order valence-electron chi connectivity index (χ0n) is 10.4. The molecule has 3 atom stereocenters. The van der Waals surface area contributed by atoms with Gasteiger partial charge in [0.05, 0.1) is 6.04 Å². The van der Waals surface area contributed by atoms with Crippen molar-refractivity contribution in [2.24, 2.45) is 17.1 Å². The maximum Gasteiger partial charge on any atom is 0.137 e. The Bertz CT molecular complexity index is 325. The number of hydrogen-bond donors (Lipinski definition) is 1. The van der Waals surface area contributed by atoms with E-state index in [9.17, 15) is 0 Å². The Morgan fingerprint density at radius 3 is 2.62 bits per heavy atom. The lowest BCUT2D eigenvalue weighted by molar-refractivity contribution is 0.124. The van der Waals surface area contributed by atoms with Crippen molar-refractivity contribution >= 4 is 0 Å². The lowest BCUT2D eigenvalue weighted by Gasteiger charge is -2.40. The molecule has 0 aromatic carbocycles. The maximum absolute atomic E-state index is 6.19. The first kappa shape index (κ1) is 11.6. The van der Waals surface area contributed by atoms with Crippen LogP contribution >= 0.6 is 0 Å². The minimum atomic E-state index is 0.222. The van der Waals surface area contributed by atoms with Crippen molar-refractivity contribution in [2.75, 3.05) is 0 Å². The van der Waals surface area contributed by atoms with E-state index in [1.54, 1.807) is 12.7 Å². The van der Waals surface area contributed by atoms with Crippen LogP contribution in [0.3, 0.4) is 0 Å². The first-order valence-corrected chi connectivity index (χ1v) is 6.08. The van der Waals surface area contributed by atoms with Crippen molar-refractivity contribution in [1.29, 1.82) is 0 Å². The molecule has 0 saturated heterocycles. The Morgan fingerprint density at radius 1 is 1.31 bits per heavy atom. The Balaban J connectivity index is 2.13. The highest BCUT2D eigenvalue weighted by Gasteiger charge is 2.35. The Hall–Kier alpha value is -0.900. The summed E-state index contributed by atoms with van der Waals surface area (Å²) in [6.07, 6.45) is 6.82. The van der Waals surface area contributed by atoms with Crippen molar-refractivity contribution in [1.82, 2.24) is 14.8 Å². The van der Waals surface area contributed by atoms with Crippen LogP contribution in [0.1, 0.15) is 46.1 Å². The topological polar surface area (TPSA) is 56.7 Å². The highest BCUT2D eigenvalue weighted by molar-refractivity contribution is 4.90. The van der Waals surface area contributed by atoms with E-state index in [4.69, 9.17) is 5.73 Å². The zero-order valence-corrected chi connectivity index (χ0v) is 10.4. The average Bonchev–Trinajstić information content (AvgIpc) is 2.69. The molecule has 2 rings (SSSR count). The number of nitrogens with zero attached hydrogens (tertiary/aromatic N) is 3. The van der Waals surface area contributed by atoms with Gasteiger partial charge in [-0.1, -0.05) is 20.8 Å². The quantitative estimate of drug-likeness (QED) is 0.790. The first-order chi connectivity index (χ1) is 7.48. The van der Waals surface area contributed by atoms with E-state index < -0.39 is 0 Å². The molecule has 4 heteroatoms. The minimum Gasteiger partial charge on any atom is -0.326 e. The van der Waals surface area contributed by atoms with Gasteiger partial charge in [0.1, 0.15) is 12.7 Å². The minimum absolute atomic E-state index is 0.222. The average molecular weight is 222 g/mol. The highest BCUT2D eigenvalue weighted by atomic mass is 15.3. The van der Waals surface area contributed by atoms with Crippen molar-refractivity contribution in [3.8, 4) is 0 Å². The van der Waals surface area contributed by atoms with Crippen LogP contribution < -0.4 is 5.73 Å². The van der Waals surface area contributed by atoms with Gasteiger partial charge in [-0.15, -0.1) is 0 Å². The molecule has 2 N–H and O–H groups in total. The van der Waals surface area contributed by atoms with Gasteiger partial charge in [0.25, 0.3) is 0 Å². The second-order valence-electron chi connectivity index (χ2n) is 5.98. The predicted octanol–water partition coefficient (Wildman–Crippen LogP) is 1.99. The normalized spacial score (nSPS) is 31.6. The fourth-order valence-corrected chi connectivity index (χ4v) is 2.65. The van der Waals surface area contributed by atoms with Gasteiger partial charge in [-0.25, -0.2) is 9.67 Å². The van der Waals surface area contributed by atoms with Crippen molar-refractivity contribution in [2.45, 2.75) is 52.1 Å². The summed E-state index contributed by atoms with van der Waals surface area (Å²) in [4.78, 5) is 4.02. The van der Waals surface area contributed by atoms with Crippen LogP contribution in [0.2, 0.25) is 0 Å². The van der Waals surface area contributed by atoms with Crippen LogP contribution in [0, 0.1) is 11.3 Å². The van der Waals surface area contributed by atoms with E-state index in [-0.39, 0.29) is 6.04 Å². The van der Waals surface area contributed by atoms with Crippen molar-refractivity contribution in [3.05, 3.63) is 12.7 Å². The van der Waals surface area contributed by atoms with E-state index in [0.717, 1.165) is 18.8 Å². The van der Waals surface area contributed by atoms with Crippen LogP contribution in [-0.2, 0) is 0 Å². The number of aromatic nitrogens is 3. The summed E-state index contributed by atoms with van der Waals surface area (Å²) in [5, 5.41) is 4.23. The van der Waals surface area contributed by atoms with Crippen LogP contribution in [0.5, 0.6) is 0 Å². The molecule has 1 aromatic heterocycles. The van der Waals surface area contributed by atoms with E-state index in [2.05, 4.69) is 30.9 Å². The van der Waals surface area contributed by atoms with E-state index in [0.29, 0.717) is 11.5 Å². The highest BCUT2D eigenvalue weighted by Crippen LogP contribution is 2.41. The monoisotopic (exact) mass is 222 g/mol. The smallest absolute Gasteiger partial charge is 0.137 e. The van der Waals surface area contributed by atoms with E-state index in [1.165, 1.54) is 6.42 Å². The van der Waals surface area contributed by atoms with Gasteiger partial charge >= 0.3 is 0 Å². The molecule has 0 bridgehead atoms. The molecule has 0 radical (unpaired) electrons. The molecule has 1 aliphatic rings. The summed E-state index contributed by atoms with van der Waals surface area (Å²) in [6.45, 7) is 6.94. The summed E-state index contributed by atoms with van der Waals surface area (Å²) >= 11 is 0. The Kier molecular flexibility index (Phi) is 3.02. The van der Waals surface area contributed by atoms with Crippen molar-refractivity contribution in [3.63, 3.8) is 0 Å². The fraction of sp³-hybridized carbons (Fsp3) is 0.833. The van der Waals surface area contributed by atoms with Gasteiger partial charge in [-0.3, -0.25) is 0 Å². The molecule has 3 unspecified atom stereocenters. The third kappa shape index (κ3) is 2.26. The van der Waals surface area contributed by atoms with Gasteiger partial charge in [0.2, 0.25) is 0 Å². The van der Waals surface area contributed by atoms with Crippen LogP contribution in [0.15, 0.2) is 12.7 Å². The third-order valence-corrected chi connectivity index (χ3v) is 3.87. The number of rotatable bonds is 1. The van der Waals surface area contributed by atoms with Crippen molar-refractivity contribution < 1.29 is 0 Å². The molecule has 1 heterocycles. The molecule has 0 aliphatic heterocycles. The van der Waals surface area contributed by atoms with Gasteiger partial charge in [0.15, 0.2) is 0 Å². The summed E-state index contributed by atoms with van der Waals surface area (Å²) in [6, 6.07) is 0.542. The fourth-order valence-electron chi connectivity index (χ4n) is 2.65. The summed E-state index contributed by atoms with van der Waals surface area (Å²) in [7, 11) is 0. The number of hydrogen-bond acceptors (Lipinski definition) is 3. The molecule has 16 heavy (non-hydrogen) atoms. The molecule has 1 saturated carbocycles. The van der Waals surface area contributed by atoms with E-state index in [1.807, 2.05) is 4.68 Å². The lowest BCUT2D eigenvalue weighted by Crippen LogP contribution is -2.41. The standard InChI is InChI=1S/C12H22N4/c1-12(2,3)9-4-5-10(13)11(6-9)16-8-14-7-15-16/h7-11H,4-6,13H2,1-3H3. The molecular formula is C12H22N4. The Morgan fingerprint density at radius 2 is 2.06 bits per heavy atom. The second kappa shape index (κ2) is 4.17. The third-order valence-electron chi connectivity index (χ3n) is 3.87. The Labute approximate surface area is 97.2 Å². The molecule has 1 fully saturated rings. The van der Waals surface area contributed by atoms with Gasteiger partial charge in [-0.05, 0) is 30.6 Å². The first-order valence-electron chi connectivity index (χ1n) is 6.08.